The van der Waals surface area contributed by atoms with Crippen LogP contribution in [0, 0.1) is 23.5 Å². The van der Waals surface area contributed by atoms with Gasteiger partial charge in [-0.2, -0.15) is 0 Å². The van der Waals surface area contributed by atoms with E-state index >= 15 is 0 Å². The smallest absolute Gasteiger partial charge is 0.223 e. The van der Waals surface area contributed by atoms with Crippen molar-refractivity contribution < 1.29 is 13.6 Å². The number of hydrogen-bond acceptors (Lipinski definition) is 2. The first-order valence-corrected chi connectivity index (χ1v) is 6.50. The number of carbonyl (C=O) groups is 1. The fourth-order valence-corrected chi connectivity index (χ4v) is 2.09. The zero-order valence-electron chi connectivity index (χ0n) is 11.3. The summed E-state index contributed by atoms with van der Waals surface area (Å²) in [6.45, 7) is 3.95. The van der Waals surface area contributed by atoms with E-state index in [1.807, 2.05) is 6.92 Å². The number of rotatable bonds is 5. The number of hydrogen-bond donors (Lipinski definition) is 2. The second kappa shape index (κ2) is 7.55. The van der Waals surface area contributed by atoms with Crippen LogP contribution >= 0.6 is 12.4 Å². The van der Waals surface area contributed by atoms with Crippen LogP contribution in [0.2, 0.25) is 0 Å². The SMILES string of the molecule is CC(C(=O)NCCc1cc(F)ccc1F)C1CNC1.Cl. The average molecular weight is 305 g/mol. The summed E-state index contributed by atoms with van der Waals surface area (Å²) >= 11 is 0. The van der Waals surface area contributed by atoms with E-state index in [0.717, 1.165) is 25.2 Å². The monoisotopic (exact) mass is 304 g/mol. The standard InChI is InChI=1S/C14H18F2N2O.ClH/c1-9(11-7-17-8-11)14(19)18-5-4-10-6-12(15)2-3-13(10)16;/h2-3,6,9,11,17H,4-5,7-8H2,1H3,(H,18,19);1H. The van der Waals surface area contributed by atoms with Gasteiger partial charge in [0.15, 0.2) is 0 Å². The first-order chi connectivity index (χ1) is 9.08. The highest BCUT2D eigenvalue weighted by molar-refractivity contribution is 5.85. The summed E-state index contributed by atoms with van der Waals surface area (Å²) in [5.74, 6) is -0.587. The number of amides is 1. The molecule has 0 radical (unpaired) electrons. The first kappa shape index (κ1) is 16.9. The van der Waals surface area contributed by atoms with Gasteiger partial charge in [0.2, 0.25) is 5.91 Å². The van der Waals surface area contributed by atoms with Crippen LogP contribution in [0.25, 0.3) is 0 Å². The van der Waals surface area contributed by atoms with Gasteiger partial charge < -0.3 is 10.6 Å². The lowest BCUT2D eigenvalue weighted by molar-refractivity contribution is -0.126. The van der Waals surface area contributed by atoms with Crippen molar-refractivity contribution >= 4 is 18.3 Å². The van der Waals surface area contributed by atoms with Crippen LogP contribution in [0.1, 0.15) is 12.5 Å². The Hall–Kier alpha value is -1.20. The maximum atomic E-state index is 13.4. The lowest BCUT2D eigenvalue weighted by Crippen LogP contribution is -2.49. The molecule has 112 valence electrons. The Morgan fingerprint density at radius 2 is 2.15 bits per heavy atom. The molecule has 2 rings (SSSR count). The fourth-order valence-electron chi connectivity index (χ4n) is 2.09. The Labute approximate surface area is 123 Å². The van der Waals surface area contributed by atoms with E-state index in [9.17, 15) is 13.6 Å². The summed E-state index contributed by atoms with van der Waals surface area (Å²) in [4.78, 5) is 11.8. The molecule has 1 atom stereocenters. The summed E-state index contributed by atoms with van der Waals surface area (Å²) in [5, 5.41) is 5.89. The predicted octanol–water partition coefficient (Wildman–Crippen LogP) is 1.90. The Bertz CT molecular complexity index is 466. The molecule has 1 amide bonds. The van der Waals surface area contributed by atoms with E-state index in [2.05, 4.69) is 10.6 Å². The molecular weight excluding hydrogens is 286 g/mol. The number of benzene rings is 1. The topological polar surface area (TPSA) is 41.1 Å². The van der Waals surface area contributed by atoms with Gasteiger partial charge in [0.1, 0.15) is 11.6 Å². The second-order valence-electron chi connectivity index (χ2n) is 4.98. The molecule has 1 unspecified atom stereocenters. The Morgan fingerprint density at radius 1 is 1.45 bits per heavy atom. The Morgan fingerprint density at radius 3 is 2.75 bits per heavy atom. The van der Waals surface area contributed by atoms with Crippen LogP contribution in [0.3, 0.4) is 0 Å². The molecule has 1 aliphatic heterocycles. The molecule has 6 heteroatoms. The van der Waals surface area contributed by atoms with E-state index in [1.165, 1.54) is 6.07 Å². The lowest BCUT2D eigenvalue weighted by Gasteiger charge is -2.31. The predicted molar refractivity (Wildman–Crippen MR) is 75.8 cm³/mol. The van der Waals surface area contributed by atoms with Crippen molar-refractivity contribution in [3.63, 3.8) is 0 Å². The van der Waals surface area contributed by atoms with Crippen molar-refractivity contribution in [2.24, 2.45) is 11.8 Å². The highest BCUT2D eigenvalue weighted by Gasteiger charge is 2.28. The maximum Gasteiger partial charge on any atom is 0.223 e. The van der Waals surface area contributed by atoms with Gasteiger partial charge >= 0.3 is 0 Å². The van der Waals surface area contributed by atoms with Gasteiger partial charge in [0.05, 0.1) is 0 Å². The number of nitrogens with one attached hydrogen (secondary N) is 2. The molecular formula is C14H19ClF2N2O. The molecule has 2 N–H and O–H groups in total. The van der Waals surface area contributed by atoms with Crippen molar-refractivity contribution in [3.05, 3.63) is 35.4 Å². The molecule has 0 spiro atoms. The third kappa shape index (κ3) is 4.15. The Kier molecular flexibility index (Phi) is 6.36. The number of halogens is 3. The van der Waals surface area contributed by atoms with Crippen LogP contribution in [0.4, 0.5) is 8.78 Å². The lowest BCUT2D eigenvalue weighted by atomic mass is 9.88. The summed E-state index contributed by atoms with van der Waals surface area (Å²) < 4.78 is 26.3. The minimum atomic E-state index is -0.461. The van der Waals surface area contributed by atoms with Gasteiger partial charge in [0.25, 0.3) is 0 Å². The van der Waals surface area contributed by atoms with Gasteiger partial charge in [-0.05, 0) is 49.2 Å². The van der Waals surface area contributed by atoms with E-state index in [4.69, 9.17) is 0 Å². The highest BCUT2D eigenvalue weighted by Crippen LogP contribution is 2.16. The van der Waals surface area contributed by atoms with Crippen LogP contribution in [0.5, 0.6) is 0 Å². The zero-order valence-corrected chi connectivity index (χ0v) is 12.1. The van der Waals surface area contributed by atoms with Gasteiger partial charge in [0, 0.05) is 12.5 Å². The first-order valence-electron chi connectivity index (χ1n) is 6.50. The van der Waals surface area contributed by atoms with Crippen LogP contribution in [-0.4, -0.2) is 25.5 Å². The Balaban J connectivity index is 0.00000200. The summed E-state index contributed by atoms with van der Waals surface area (Å²) in [6, 6.07) is 3.36. The van der Waals surface area contributed by atoms with Gasteiger partial charge in [-0.25, -0.2) is 8.78 Å². The minimum Gasteiger partial charge on any atom is -0.356 e. The third-order valence-electron chi connectivity index (χ3n) is 3.64. The van der Waals surface area contributed by atoms with Gasteiger partial charge in [-0.15, -0.1) is 12.4 Å². The molecule has 1 heterocycles. The summed E-state index contributed by atoms with van der Waals surface area (Å²) in [7, 11) is 0. The molecule has 1 fully saturated rings. The zero-order chi connectivity index (χ0) is 13.8. The van der Waals surface area contributed by atoms with Crippen molar-refractivity contribution in [1.29, 1.82) is 0 Å². The normalized spacial score (nSPS) is 15.9. The maximum absolute atomic E-state index is 13.4. The molecule has 0 aliphatic carbocycles. The summed E-state index contributed by atoms with van der Waals surface area (Å²) in [5.41, 5.74) is 0.290. The molecule has 0 bridgehead atoms. The molecule has 20 heavy (non-hydrogen) atoms. The minimum absolute atomic E-state index is 0. The quantitative estimate of drug-likeness (QED) is 0.872. The molecule has 1 aliphatic rings. The fraction of sp³-hybridized carbons (Fsp3) is 0.500. The van der Waals surface area contributed by atoms with Crippen molar-refractivity contribution in [2.75, 3.05) is 19.6 Å². The molecule has 0 aromatic heterocycles. The van der Waals surface area contributed by atoms with Crippen LogP contribution in [-0.2, 0) is 11.2 Å². The third-order valence-corrected chi connectivity index (χ3v) is 3.64. The molecule has 3 nitrogen and oxygen atoms in total. The number of carbonyl (C=O) groups excluding carboxylic acids is 1. The molecule has 1 aromatic rings. The van der Waals surface area contributed by atoms with E-state index in [1.54, 1.807) is 0 Å². The van der Waals surface area contributed by atoms with Gasteiger partial charge in [-0.3, -0.25) is 4.79 Å². The van der Waals surface area contributed by atoms with E-state index in [-0.39, 0.29) is 24.2 Å². The van der Waals surface area contributed by atoms with Crippen molar-refractivity contribution in [1.82, 2.24) is 10.6 Å². The van der Waals surface area contributed by atoms with Crippen molar-refractivity contribution in [3.8, 4) is 0 Å². The largest absolute Gasteiger partial charge is 0.356 e. The second-order valence-corrected chi connectivity index (χ2v) is 4.98. The van der Waals surface area contributed by atoms with E-state index < -0.39 is 11.6 Å². The van der Waals surface area contributed by atoms with Crippen LogP contribution in [0.15, 0.2) is 18.2 Å². The van der Waals surface area contributed by atoms with Crippen LogP contribution < -0.4 is 10.6 Å². The van der Waals surface area contributed by atoms with E-state index in [0.29, 0.717) is 24.4 Å². The van der Waals surface area contributed by atoms with Gasteiger partial charge in [-0.1, -0.05) is 6.92 Å². The average Bonchev–Trinajstić information content (AvgIpc) is 2.31. The molecule has 1 aromatic carbocycles. The summed E-state index contributed by atoms with van der Waals surface area (Å²) in [6.07, 6.45) is 0.297. The highest BCUT2D eigenvalue weighted by atomic mass is 35.5. The molecule has 0 saturated carbocycles. The van der Waals surface area contributed by atoms with Crippen molar-refractivity contribution in [2.45, 2.75) is 13.3 Å². The molecule has 1 saturated heterocycles.